The number of allylic oxidation sites excluding steroid dienone is 1. The van der Waals surface area contributed by atoms with Crippen molar-refractivity contribution in [2.45, 2.75) is 26.0 Å². The second-order valence-electron chi connectivity index (χ2n) is 3.90. The van der Waals surface area contributed by atoms with Crippen molar-refractivity contribution in [3.05, 3.63) is 44.5 Å². The smallest absolute Gasteiger partial charge is 0.328 e. The summed E-state index contributed by atoms with van der Waals surface area (Å²) in [6.45, 7) is 2.05. The van der Waals surface area contributed by atoms with Gasteiger partial charge in [0.1, 0.15) is 5.83 Å². The third-order valence-electron chi connectivity index (χ3n) is 2.62. The van der Waals surface area contributed by atoms with E-state index in [0.717, 1.165) is 16.8 Å². The third-order valence-corrected chi connectivity index (χ3v) is 2.62. The fourth-order valence-electron chi connectivity index (χ4n) is 1.53. The highest BCUT2D eigenvalue weighted by Crippen LogP contribution is 2.22. The lowest BCUT2D eigenvalue weighted by atomic mass is 10.1. The quantitative estimate of drug-likeness (QED) is 0.690. The number of nitrogens with zero attached hydrogens (tertiary/aromatic N) is 1. The molecular weight excluding hydrogens is 243 g/mol. The molecule has 3 N–H and O–H groups in total. The number of hydrogen-bond donors (Lipinski definition) is 3. The Hall–Kier alpha value is -1.73. The molecule has 0 bridgehead atoms. The first kappa shape index (κ1) is 14.3. The van der Waals surface area contributed by atoms with Crippen LogP contribution in [-0.2, 0) is 0 Å². The zero-order chi connectivity index (χ0) is 13.9. The highest BCUT2D eigenvalue weighted by atomic mass is 19.1. The minimum Gasteiger partial charge on any atom is -0.392 e. The van der Waals surface area contributed by atoms with Gasteiger partial charge in [-0.3, -0.25) is 14.3 Å². The molecule has 1 aromatic rings. The fraction of sp³-hybridized carbons (Fsp3) is 0.455. The molecule has 0 amide bonds. The van der Waals surface area contributed by atoms with E-state index in [4.69, 9.17) is 5.11 Å². The fourth-order valence-corrected chi connectivity index (χ4v) is 1.53. The standard InChI is InChI=1S/C11H15FN2O4/c1-6(10(12)8(5-15)7(2)16)14-4-3-9(17)13-11(14)18/h3-4,6-7,15-16H,5H2,1-2H3,(H,13,17,18)/b10-8+/t6?,7-/m0/s1. The van der Waals surface area contributed by atoms with E-state index in [2.05, 4.69) is 0 Å². The average molecular weight is 258 g/mol. The van der Waals surface area contributed by atoms with Gasteiger partial charge in [0.25, 0.3) is 5.56 Å². The molecule has 1 aromatic heterocycles. The van der Waals surface area contributed by atoms with Crippen molar-refractivity contribution in [2.75, 3.05) is 6.61 Å². The summed E-state index contributed by atoms with van der Waals surface area (Å²) in [6.07, 6.45) is -0.00135. The highest BCUT2D eigenvalue weighted by molar-refractivity contribution is 5.16. The second kappa shape index (κ2) is 5.74. The van der Waals surface area contributed by atoms with E-state index in [1.807, 2.05) is 4.98 Å². The summed E-state index contributed by atoms with van der Waals surface area (Å²) in [7, 11) is 0. The van der Waals surface area contributed by atoms with Crippen LogP contribution in [0.25, 0.3) is 0 Å². The molecule has 0 aliphatic rings. The van der Waals surface area contributed by atoms with Crippen molar-refractivity contribution in [3.8, 4) is 0 Å². The van der Waals surface area contributed by atoms with Gasteiger partial charge in [0.15, 0.2) is 0 Å². The molecule has 100 valence electrons. The maximum atomic E-state index is 14.0. The van der Waals surface area contributed by atoms with Crippen LogP contribution >= 0.6 is 0 Å². The van der Waals surface area contributed by atoms with Crippen LogP contribution in [0.15, 0.2) is 33.3 Å². The molecule has 0 radical (unpaired) electrons. The Morgan fingerprint density at radius 3 is 2.56 bits per heavy atom. The molecule has 18 heavy (non-hydrogen) atoms. The Morgan fingerprint density at radius 2 is 2.11 bits per heavy atom. The van der Waals surface area contributed by atoms with Gasteiger partial charge in [0.05, 0.1) is 18.8 Å². The van der Waals surface area contributed by atoms with Crippen LogP contribution in [0.2, 0.25) is 0 Å². The summed E-state index contributed by atoms with van der Waals surface area (Å²) in [4.78, 5) is 24.3. The first-order valence-electron chi connectivity index (χ1n) is 5.37. The molecule has 0 fully saturated rings. The van der Waals surface area contributed by atoms with Gasteiger partial charge in [0, 0.05) is 17.8 Å². The third kappa shape index (κ3) is 2.93. The summed E-state index contributed by atoms with van der Waals surface area (Å²) in [5.74, 6) is -0.804. The lowest BCUT2D eigenvalue weighted by Gasteiger charge is -2.17. The number of aromatic nitrogens is 2. The maximum absolute atomic E-state index is 14.0. The minimum atomic E-state index is -1.16. The van der Waals surface area contributed by atoms with Crippen LogP contribution in [0.4, 0.5) is 4.39 Å². The molecule has 2 atom stereocenters. The second-order valence-corrected chi connectivity index (χ2v) is 3.90. The lowest BCUT2D eigenvalue weighted by molar-refractivity contribution is 0.195. The SMILES string of the molecule is CC(/C(F)=C(/CO)[C@H](C)O)n1ccc(=O)[nH]c1=O. The van der Waals surface area contributed by atoms with Gasteiger partial charge in [-0.2, -0.15) is 0 Å². The zero-order valence-corrected chi connectivity index (χ0v) is 10.1. The van der Waals surface area contributed by atoms with E-state index in [9.17, 15) is 19.1 Å². The molecule has 1 rings (SSSR count). The molecule has 0 spiro atoms. The Labute approximate surface area is 102 Å². The predicted octanol–water partition coefficient (Wildman–Crippen LogP) is -0.306. The van der Waals surface area contributed by atoms with Crippen molar-refractivity contribution >= 4 is 0 Å². The summed E-state index contributed by atoms with van der Waals surface area (Å²) in [5, 5.41) is 18.3. The van der Waals surface area contributed by atoms with Gasteiger partial charge in [-0.1, -0.05) is 0 Å². The number of aromatic amines is 1. The Kier molecular flexibility index (Phi) is 4.57. The molecule has 0 aliphatic heterocycles. The predicted molar refractivity (Wildman–Crippen MR) is 62.9 cm³/mol. The number of halogens is 1. The zero-order valence-electron chi connectivity index (χ0n) is 10.1. The minimum absolute atomic E-state index is 0.194. The largest absolute Gasteiger partial charge is 0.392 e. The average Bonchev–Trinajstić information content (AvgIpc) is 2.28. The monoisotopic (exact) mass is 258 g/mol. The van der Waals surface area contributed by atoms with E-state index in [1.54, 1.807) is 0 Å². The van der Waals surface area contributed by atoms with Crippen LogP contribution in [0.5, 0.6) is 0 Å². The van der Waals surface area contributed by atoms with E-state index >= 15 is 0 Å². The Bertz CT molecular complexity index is 559. The Balaban J connectivity index is 3.25. The number of hydrogen-bond acceptors (Lipinski definition) is 4. The molecule has 0 aliphatic carbocycles. The maximum Gasteiger partial charge on any atom is 0.328 e. The number of aliphatic hydroxyl groups excluding tert-OH is 2. The molecule has 1 heterocycles. The van der Waals surface area contributed by atoms with Crippen molar-refractivity contribution in [1.29, 1.82) is 0 Å². The van der Waals surface area contributed by atoms with E-state index in [-0.39, 0.29) is 5.57 Å². The normalized spacial score (nSPS) is 16.1. The van der Waals surface area contributed by atoms with Crippen LogP contribution in [0.3, 0.4) is 0 Å². The van der Waals surface area contributed by atoms with Gasteiger partial charge in [-0.15, -0.1) is 0 Å². The van der Waals surface area contributed by atoms with E-state index in [0.29, 0.717) is 0 Å². The van der Waals surface area contributed by atoms with Crippen molar-refractivity contribution < 1.29 is 14.6 Å². The van der Waals surface area contributed by atoms with Gasteiger partial charge >= 0.3 is 5.69 Å². The van der Waals surface area contributed by atoms with Crippen LogP contribution in [0, 0.1) is 0 Å². The van der Waals surface area contributed by atoms with Crippen molar-refractivity contribution in [1.82, 2.24) is 9.55 Å². The van der Waals surface area contributed by atoms with E-state index < -0.39 is 35.8 Å². The van der Waals surface area contributed by atoms with Crippen molar-refractivity contribution in [3.63, 3.8) is 0 Å². The van der Waals surface area contributed by atoms with Crippen LogP contribution in [-0.4, -0.2) is 32.5 Å². The van der Waals surface area contributed by atoms with Gasteiger partial charge in [-0.25, -0.2) is 9.18 Å². The summed E-state index contributed by atoms with van der Waals surface area (Å²) < 4.78 is 15.0. The molecule has 1 unspecified atom stereocenters. The number of rotatable bonds is 4. The molecular formula is C11H15FN2O4. The summed E-state index contributed by atoms with van der Waals surface area (Å²) >= 11 is 0. The molecule has 0 saturated carbocycles. The first-order valence-corrected chi connectivity index (χ1v) is 5.37. The van der Waals surface area contributed by atoms with Gasteiger partial charge < -0.3 is 10.2 Å². The van der Waals surface area contributed by atoms with E-state index in [1.165, 1.54) is 13.8 Å². The highest BCUT2D eigenvalue weighted by Gasteiger charge is 2.19. The molecule has 7 heteroatoms. The summed E-state index contributed by atoms with van der Waals surface area (Å²) in [6, 6.07) is 0.0673. The number of H-pyrrole nitrogens is 1. The van der Waals surface area contributed by atoms with Gasteiger partial charge in [-0.05, 0) is 13.8 Å². The molecule has 0 aromatic carbocycles. The first-order chi connectivity index (χ1) is 8.38. The topological polar surface area (TPSA) is 95.3 Å². The van der Waals surface area contributed by atoms with Crippen LogP contribution < -0.4 is 11.2 Å². The molecule has 0 saturated heterocycles. The summed E-state index contributed by atoms with van der Waals surface area (Å²) in [5.41, 5.74) is -1.53. The lowest BCUT2D eigenvalue weighted by Crippen LogP contribution is -2.31. The Morgan fingerprint density at radius 1 is 1.50 bits per heavy atom. The van der Waals surface area contributed by atoms with Crippen molar-refractivity contribution in [2.24, 2.45) is 0 Å². The number of nitrogens with one attached hydrogen (secondary N) is 1. The van der Waals surface area contributed by atoms with Gasteiger partial charge in [0.2, 0.25) is 0 Å². The molecule has 6 nitrogen and oxygen atoms in total. The number of aliphatic hydroxyl groups is 2. The van der Waals surface area contributed by atoms with Crippen LogP contribution in [0.1, 0.15) is 19.9 Å².